The van der Waals surface area contributed by atoms with E-state index >= 15 is 0 Å². The quantitative estimate of drug-likeness (QED) is 0.416. The lowest BCUT2D eigenvalue weighted by Crippen LogP contribution is -2.08. The number of aromatic nitrogens is 3. The molecule has 0 aliphatic heterocycles. The molecular formula is C23H25N5. The van der Waals surface area contributed by atoms with Crippen molar-refractivity contribution in [3.05, 3.63) is 77.6 Å². The van der Waals surface area contributed by atoms with Crippen molar-refractivity contribution in [3.63, 3.8) is 0 Å². The van der Waals surface area contributed by atoms with Gasteiger partial charge >= 0.3 is 0 Å². The smallest absolute Gasteiger partial charge is 0.229 e. The van der Waals surface area contributed by atoms with Gasteiger partial charge < -0.3 is 15.6 Å². The maximum Gasteiger partial charge on any atom is 0.229 e. The zero-order chi connectivity index (χ0) is 19.3. The third-order valence-electron chi connectivity index (χ3n) is 4.85. The first kappa shape index (κ1) is 18.0. The van der Waals surface area contributed by atoms with E-state index in [4.69, 9.17) is 0 Å². The number of aryl methyl sites for hydroxylation is 2. The Morgan fingerprint density at radius 2 is 1.82 bits per heavy atom. The molecule has 4 rings (SSSR count). The predicted molar refractivity (Wildman–Crippen MR) is 116 cm³/mol. The van der Waals surface area contributed by atoms with Crippen molar-refractivity contribution in [1.82, 2.24) is 15.0 Å². The molecule has 0 saturated carbocycles. The average molecular weight is 371 g/mol. The van der Waals surface area contributed by atoms with Gasteiger partial charge in [0.15, 0.2) is 0 Å². The second-order valence-electron chi connectivity index (χ2n) is 6.93. The predicted octanol–water partition coefficient (Wildman–Crippen LogP) is 5.23. The molecule has 0 spiro atoms. The monoisotopic (exact) mass is 371 g/mol. The van der Waals surface area contributed by atoms with Crippen LogP contribution in [0.15, 0.2) is 60.8 Å². The number of benzene rings is 2. The molecule has 0 aliphatic carbocycles. The van der Waals surface area contributed by atoms with Crippen molar-refractivity contribution in [1.29, 1.82) is 0 Å². The summed E-state index contributed by atoms with van der Waals surface area (Å²) >= 11 is 0. The molecule has 4 aromatic rings. The minimum Gasteiger partial charge on any atom is -0.370 e. The topological polar surface area (TPSA) is 65.6 Å². The summed E-state index contributed by atoms with van der Waals surface area (Å²) in [5.41, 5.74) is 5.72. The molecule has 0 radical (unpaired) electrons. The van der Waals surface area contributed by atoms with Gasteiger partial charge in [0.25, 0.3) is 0 Å². The van der Waals surface area contributed by atoms with Crippen LogP contribution in [0.2, 0.25) is 0 Å². The zero-order valence-corrected chi connectivity index (χ0v) is 16.3. The normalized spacial score (nSPS) is 10.9. The van der Waals surface area contributed by atoms with Crippen LogP contribution in [0.25, 0.3) is 10.9 Å². The molecule has 0 saturated heterocycles. The second kappa shape index (κ2) is 8.13. The molecule has 5 nitrogen and oxygen atoms in total. The van der Waals surface area contributed by atoms with E-state index in [2.05, 4.69) is 87.2 Å². The SMILES string of the molecule is CCc1ccc(Nc2nc(C)cc(NCCc3c[nH]c4ccccc34)n2)cc1. The summed E-state index contributed by atoms with van der Waals surface area (Å²) in [7, 11) is 0. The molecule has 0 bridgehead atoms. The number of hydrogen-bond acceptors (Lipinski definition) is 4. The van der Waals surface area contributed by atoms with Gasteiger partial charge in [-0.3, -0.25) is 0 Å². The number of rotatable bonds is 7. The van der Waals surface area contributed by atoms with Gasteiger partial charge in [-0.25, -0.2) is 4.98 Å². The summed E-state index contributed by atoms with van der Waals surface area (Å²) in [4.78, 5) is 12.4. The van der Waals surface area contributed by atoms with E-state index in [0.29, 0.717) is 5.95 Å². The highest BCUT2D eigenvalue weighted by molar-refractivity contribution is 5.83. The maximum absolute atomic E-state index is 4.61. The van der Waals surface area contributed by atoms with Crippen molar-refractivity contribution < 1.29 is 0 Å². The van der Waals surface area contributed by atoms with Crippen LogP contribution >= 0.6 is 0 Å². The van der Waals surface area contributed by atoms with E-state index < -0.39 is 0 Å². The Kier molecular flexibility index (Phi) is 5.24. The second-order valence-corrected chi connectivity index (χ2v) is 6.93. The molecule has 2 aromatic carbocycles. The number of H-pyrrole nitrogens is 1. The lowest BCUT2D eigenvalue weighted by molar-refractivity contribution is 1.00. The van der Waals surface area contributed by atoms with Gasteiger partial charge in [0.2, 0.25) is 5.95 Å². The number of para-hydroxylation sites is 1. The maximum atomic E-state index is 4.61. The number of fused-ring (bicyclic) bond motifs is 1. The molecule has 0 fully saturated rings. The molecule has 5 heteroatoms. The van der Waals surface area contributed by atoms with Crippen molar-refractivity contribution >= 4 is 28.4 Å². The fraction of sp³-hybridized carbons (Fsp3) is 0.217. The molecule has 28 heavy (non-hydrogen) atoms. The summed E-state index contributed by atoms with van der Waals surface area (Å²) < 4.78 is 0. The van der Waals surface area contributed by atoms with Crippen LogP contribution < -0.4 is 10.6 Å². The van der Waals surface area contributed by atoms with E-state index in [-0.39, 0.29) is 0 Å². The Bertz CT molecular complexity index is 1070. The molecule has 0 atom stereocenters. The average Bonchev–Trinajstić information content (AvgIpc) is 3.11. The van der Waals surface area contributed by atoms with Crippen molar-refractivity contribution in [2.45, 2.75) is 26.7 Å². The van der Waals surface area contributed by atoms with Crippen LogP contribution in [0.4, 0.5) is 17.5 Å². The van der Waals surface area contributed by atoms with E-state index in [9.17, 15) is 0 Å². The van der Waals surface area contributed by atoms with Gasteiger partial charge in [-0.2, -0.15) is 4.98 Å². The molecule has 0 amide bonds. The highest BCUT2D eigenvalue weighted by atomic mass is 15.1. The molecule has 142 valence electrons. The van der Waals surface area contributed by atoms with E-state index in [1.54, 1.807) is 0 Å². The summed E-state index contributed by atoms with van der Waals surface area (Å²) in [5.74, 6) is 1.44. The van der Waals surface area contributed by atoms with Crippen LogP contribution in [0.5, 0.6) is 0 Å². The number of hydrogen-bond donors (Lipinski definition) is 3. The number of nitrogens with zero attached hydrogens (tertiary/aromatic N) is 2. The first-order valence-electron chi connectivity index (χ1n) is 9.72. The molecule has 2 heterocycles. The molecular weight excluding hydrogens is 346 g/mol. The van der Waals surface area contributed by atoms with Crippen LogP contribution in [-0.4, -0.2) is 21.5 Å². The van der Waals surface area contributed by atoms with Crippen LogP contribution in [0.3, 0.4) is 0 Å². The fourth-order valence-electron chi connectivity index (χ4n) is 3.33. The lowest BCUT2D eigenvalue weighted by Gasteiger charge is -2.10. The van der Waals surface area contributed by atoms with Gasteiger partial charge in [-0.15, -0.1) is 0 Å². The van der Waals surface area contributed by atoms with Gasteiger partial charge in [0.1, 0.15) is 5.82 Å². The first-order valence-corrected chi connectivity index (χ1v) is 9.72. The third kappa shape index (κ3) is 4.14. The summed E-state index contributed by atoms with van der Waals surface area (Å²) in [6.45, 7) is 4.95. The zero-order valence-electron chi connectivity index (χ0n) is 16.3. The number of nitrogens with one attached hydrogen (secondary N) is 3. The number of aromatic amines is 1. The van der Waals surface area contributed by atoms with Crippen LogP contribution in [0.1, 0.15) is 23.7 Å². The first-order chi connectivity index (χ1) is 13.7. The molecule has 0 aliphatic rings. The van der Waals surface area contributed by atoms with Crippen molar-refractivity contribution in [2.75, 3.05) is 17.2 Å². The highest BCUT2D eigenvalue weighted by Gasteiger charge is 2.05. The highest BCUT2D eigenvalue weighted by Crippen LogP contribution is 2.19. The van der Waals surface area contributed by atoms with Crippen LogP contribution in [-0.2, 0) is 12.8 Å². The summed E-state index contributed by atoms with van der Waals surface area (Å²) in [5, 5.41) is 8.00. The Labute approximate surface area is 165 Å². The Morgan fingerprint density at radius 3 is 2.64 bits per heavy atom. The summed E-state index contributed by atoms with van der Waals surface area (Å²) in [6, 6.07) is 18.7. The Balaban J connectivity index is 1.41. The summed E-state index contributed by atoms with van der Waals surface area (Å²) in [6.07, 6.45) is 4.05. The third-order valence-corrected chi connectivity index (χ3v) is 4.85. The van der Waals surface area contributed by atoms with E-state index in [1.807, 2.05) is 13.0 Å². The largest absolute Gasteiger partial charge is 0.370 e. The molecule has 0 unspecified atom stereocenters. The number of anilines is 3. The van der Waals surface area contributed by atoms with Crippen molar-refractivity contribution in [3.8, 4) is 0 Å². The minimum atomic E-state index is 0.610. The Morgan fingerprint density at radius 1 is 1.00 bits per heavy atom. The van der Waals surface area contributed by atoms with E-state index in [0.717, 1.165) is 36.6 Å². The van der Waals surface area contributed by atoms with Crippen molar-refractivity contribution in [2.24, 2.45) is 0 Å². The van der Waals surface area contributed by atoms with Gasteiger partial charge in [0.05, 0.1) is 0 Å². The van der Waals surface area contributed by atoms with E-state index in [1.165, 1.54) is 22.0 Å². The van der Waals surface area contributed by atoms with Gasteiger partial charge in [0, 0.05) is 41.1 Å². The molecule has 3 N–H and O–H groups in total. The van der Waals surface area contributed by atoms with Crippen LogP contribution in [0, 0.1) is 6.92 Å². The standard InChI is InChI=1S/C23H25N5/c1-3-17-8-10-19(11-9-17)27-23-26-16(2)14-22(28-23)24-13-12-18-15-25-21-7-5-4-6-20(18)21/h4-11,14-15,25H,3,12-13H2,1-2H3,(H2,24,26,27,28). The fourth-order valence-corrected chi connectivity index (χ4v) is 3.33. The molecule has 2 aromatic heterocycles. The van der Waals surface area contributed by atoms with Gasteiger partial charge in [-0.05, 0) is 49.1 Å². The lowest BCUT2D eigenvalue weighted by atomic mass is 10.1. The minimum absolute atomic E-state index is 0.610. The van der Waals surface area contributed by atoms with Gasteiger partial charge in [-0.1, -0.05) is 37.3 Å². The Hall–Kier alpha value is -3.34.